The van der Waals surface area contributed by atoms with Crippen molar-refractivity contribution in [3.8, 4) is 0 Å². The fourth-order valence-corrected chi connectivity index (χ4v) is 1.53. The van der Waals surface area contributed by atoms with E-state index in [0.717, 1.165) is 0 Å². The summed E-state index contributed by atoms with van der Waals surface area (Å²) in [6.07, 6.45) is 5.89. The van der Waals surface area contributed by atoms with Crippen molar-refractivity contribution in [1.82, 2.24) is 15.0 Å². The third-order valence-corrected chi connectivity index (χ3v) is 2.38. The van der Waals surface area contributed by atoms with Crippen molar-refractivity contribution in [2.45, 2.75) is 0 Å². The van der Waals surface area contributed by atoms with Crippen LogP contribution in [0.5, 0.6) is 0 Å². The Balaban J connectivity index is 2.23. The van der Waals surface area contributed by atoms with Crippen LogP contribution >= 0.6 is 15.9 Å². The lowest BCUT2D eigenvalue weighted by Crippen LogP contribution is -2.15. The maximum Gasteiger partial charge on any atom is 0.259 e. The maximum atomic E-state index is 11.9. The van der Waals surface area contributed by atoms with Gasteiger partial charge in [0.05, 0.1) is 23.6 Å². The van der Waals surface area contributed by atoms with Crippen molar-refractivity contribution in [3.63, 3.8) is 0 Å². The van der Waals surface area contributed by atoms with Crippen LogP contribution in [-0.2, 0) is 0 Å². The van der Waals surface area contributed by atoms with E-state index in [1.54, 1.807) is 6.07 Å². The number of nitrogens with one attached hydrogen (secondary N) is 1. The van der Waals surface area contributed by atoms with Crippen molar-refractivity contribution in [3.05, 3.63) is 41.0 Å². The molecule has 17 heavy (non-hydrogen) atoms. The molecule has 6 nitrogen and oxygen atoms in total. The minimum atomic E-state index is -0.355. The van der Waals surface area contributed by atoms with Gasteiger partial charge in [-0.05, 0) is 22.0 Å². The van der Waals surface area contributed by atoms with Gasteiger partial charge >= 0.3 is 0 Å². The highest BCUT2D eigenvalue weighted by Crippen LogP contribution is 2.16. The molecular formula is C10H8BrN5O. The summed E-state index contributed by atoms with van der Waals surface area (Å²) in [7, 11) is 0. The van der Waals surface area contributed by atoms with Crippen LogP contribution in [-0.4, -0.2) is 20.9 Å². The highest BCUT2D eigenvalue weighted by atomic mass is 79.9. The quantitative estimate of drug-likeness (QED) is 0.874. The van der Waals surface area contributed by atoms with Crippen LogP contribution < -0.4 is 11.1 Å². The van der Waals surface area contributed by atoms with Crippen LogP contribution in [0.25, 0.3) is 0 Å². The van der Waals surface area contributed by atoms with E-state index in [1.807, 2.05) is 0 Å². The number of hydrogen-bond acceptors (Lipinski definition) is 5. The predicted molar refractivity (Wildman–Crippen MR) is 66.3 cm³/mol. The number of amides is 1. The third-order valence-electron chi connectivity index (χ3n) is 1.95. The minimum absolute atomic E-state index is 0.169. The van der Waals surface area contributed by atoms with E-state index < -0.39 is 0 Å². The number of hydrogen-bond donors (Lipinski definition) is 2. The Bertz CT molecular complexity index is 546. The van der Waals surface area contributed by atoms with E-state index in [4.69, 9.17) is 5.73 Å². The van der Waals surface area contributed by atoms with Gasteiger partial charge in [0.2, 0.25) is 0 Å². The number of nitrogen functional groups attached to an aromatic ring is 1. The molecule has 0 aromatic carbocycles. The number of nitrogens with two attached hydrogens (primary N) is 1. The Morgan fingerprint density at radius 3 is 2.71 bits per heavy atom. The fourth-order valence-electron chi connectivity index (χ4n) is 1.19. The summed E-state index contributed by atoms with van der Waals surface area (Å²) in [6.45, 7) is 0. The smallest absolute Gasteiger partial charge is 0.259 e. The molecule has 0 bridgehead atoms. The molecule has 0 spiro atoms. The highest BCUT2D eigenvalue weighted by molar-refractivity contribution is 9.10. The number of nitrogens with zero attached hydrogens (tertiary/aromatic N) is 3. The first-order valence-electron chi connectivity index (χ1n) is 4.64. The highest BCUT2D eigenvalue weighted by Gasteiger charge is 2.11. The Kier molecular flexibility index (Phi) is 3.29. The van der Waals surface area contributed by atoms with Crippen LogP contribution in [0.15, 0.2) is 35.5 Å². The average molecular weight is 294 g/mol. The first-order chi connectivity index (χ1) is 8.16. The zero-order valence-corrected chi connectivity index (χ0v) is 10.2. The van der Waals surface area contributed by atoms with Gasteiger partial charge in [-0.2, -0.15) is 0 Å². The molecule has 3 N–H and O–H groups in total. The molecule has 0 fully saturated rings. The largest absolute Gasteiger partial charge is 0.383 e. The fraction of sp³-hybridized carbons (Fsp3) is 0. The molecule has 0 aliphatic rings. The Hall–Kier alpha value is -2.02. The van der Waals surface area contributed by atoms with Gasteiger partial charge in [0.1, 0.15) is 12.1 Å². The molecule has 7 heteroatoms. The van der Waals surface area contributed by atoms with Crippen LogP contribution in [0, 0.1) is 0 Å². The summed E-state index contributed by atoms with van der Waals surface area (Å²) >= 11 is 3.23. The van der Waals surface area contributed by atoms with Gasteiger partial charge in [-0.1, -0.05) is 0 Å². The van der Waals surface area contributed by atoms with Crippen LogP contribution in [0.4, 0.5) is 11.5 Å². The summed E-state index contributed by atoms with van der Waals surface area (Å²) in [4.78, 5) is 23.3. The van der Waals surface area contributed by atoms with E-state index in [9.17, 15) is 4.79 Å². The van der Waals surface area contributed by atoms with Gasteiger partial charge in [-0.3, -0.25) is 4.79 Å². The number of aromatic nitrogens is 3. The summed E-state index contributed by atoms with van der Waals surface area (Å²) in [6, 6.07) is 1.60. The molecule has 0 saturated carbocycles. The number of pyridine rings is 1. The van der Waals surface area contributed by atoms with E-state index >= 15 is 0 Å². The van der Waals surface area contributed by atoms with E-state index in [1.165, 1.54) is 24.9 Å². The number of anilines is 2. The summed E-state index contributed by atoms with van der Waals surface area (Å²) in [5.41, 5.74) is 6.41. The van der Waals surface area contributed by atoms with Crippen molar-refractivity contribution in [2.75, 3.05) is 11.1 Å². The summed E-state index contributed by atoms with van der Waals surface area (Å²) in [5, 5.41) is 2.62. The van der Waals surface area contributed by atoms with E-state index in [0.29, 0.717) is 15.7 Å². The van der Waals surface area contributed by atoms with Gasteiger partial charge in [-0.15, -0.1) is 0 Å². The van der Waals surface area contributed by atoms with Gasteiger partial charge in [0, 0.05) is 10.7 Å². The zero-order valence-electron chi connectivity index (χ0n) is 8.59. The van der Waals surface area contributed by atoms with Crippen molar-refractivity contribution >= 4 is 33.3 Å². The number of carbonyl (C=O) groups is 1. The molecule has 0 unspecified atom stereocenters. The lowest BCUT2D eigenvalue weighted by molar-refractivity contribution is 0.102. The molecule has 86 valence electrons. The second-order valence-electron chi connectivity index (χ2n) is 3.17. The maximum absolute atomic E-state index is 11.9. The Labute approximate surface area is 105 Å². The van der Waals surface area contributed by atoms with Gasteiger partial charge in [0.25, 0.3) is 5.91 Å². The normalized spacial score (nSPS) is 9.94. The summed E-state index contributed by atoms with van der Waals surface area (Å²) < 4.78 is 0.682. The van der Waals surface area contributed by atoms with Crippen LogP contribution in [0.2, 0.25) is 0 Å². The molecular weight excluding hydrogens is 286 g/mol. The molecule has 0 saturated heterocycles. The second-order valence-corrected chi connectivity index (χ2v) is 4.08. The standard InChI is InChI=1S/C10H8BrN5O/c11-6-1-8(9(12)15-2-6)10(17)16-7-3-13-5-14-4-7/h1-5H,(H2,12,15)(H,16,17). The molecule has 0 aliphatic heterocycles. The van der Waals surface area contributed by atoms with Gasteiger partial charge < -0.3 is 11.1 Å². The lowest BCUT2D eigenvalue weighted by atomic mass is 10.2. The average Bonchev–Trinajstić information content (AvgIpc) is 2.33. The second kappa shape index (κ2) is 4.88. The Morgan fingerprint density at radius 2 is 2.00 bits per heavy atom. The molecule has 2 aromatic rings. The molecule has 0 radical (unpaired) electrons. The van der Waals surface area contributed by atoms with Crippen molar-refractivity contribution in [1.29, 1.82) is 0 Å². The Morgan fingerprint density at radius 1 is 1.29 bits per heavy atom. The molecule has 2 heterocycles. The van der Waals surface area contributed by atoms with E-state index in [-0.39, 0.29) is 11.7 Å². The first-order valence-corrected chi connectivity index (χ1v) is 5.43. The molecule has 2 aromatic heterocycles. The lowest BCUT2D eigenvalue weighted by Gasteiger charge is -2.06. The van der Waals surface area contributed by atoms with Crippen LogP contribution in [0.1, 0.15) is 10.4 Å². The first kappa shape index (κ1) is 11.5. The van der Waals surface area contributed by atoms with E-state index in [2.05, 4.69) is 36.2 Å². The molecule has 0 aliphatic carbocycles. The van der Waals surface area contributed by atoms with Crippen molar-refractivity contribution < 1.29 is 4.79 Å². The minimum Gasteiger partial charge on any atom is -0.383 e. The SMILES string of the molecule is Nc1ncc(Br)cc1C(=O)Nc1cncnc1. The summed E-state index contributed by atoms with van der Waals surface area (Å²) in [5.74, 6) is -0.186. The van der Waals surface area contributed by atoms with Crippen molar-refractivity contribution in [2.24, 2.45) is 0 Å². The zero-order chi connectivity index (χ0) is 12.3. The van der Waals surface area contributed by atoms with Crippen LogP contribution in [0.3, 0.4) is 0 Å². The molecule has 2 rings (SSSR count). The van der Waals surface area contributed by atoms with Gasteiger partial charge in [0.15, 0.2) is 0 Å². The predicted octanol–water partition coefficient (Wildman–Crippen LogP) is 1.47. The van der Waals surface area contributed by atoms with Gasteiger partial charge in [-0.25, -0.2) is 15.0 Å². The number of rotatable bonds is 2. The number of carbonyl (C=O) groups excluding carboxylic acids is 1. The third kappa shape index (κ3) is 2.76. The topological polar surface area (TPSA) is 93.8 Å². The monoisotopic (exact) mass is 293 g/mol. The number of halogens is 1. The molecule has 1 amide bonds. The molecule has 0 atom stereocenters.